The van der Waals surface area contributed by atoms with Gasteiger partial charge in [0.2, 0.25) is 5.88 Å². The molecule has 7 nitrogen and oxygen atoms in total. The molecule has 2 aromatic rings. The van der Waals surface area contributed by atoms with Gasteiger partial charge < -0.3 is 18.9 Å². The van der Waals surface area contributed by atoms with Crippen LogP contribution in [0.5, 0.6) is 5.88 Å². The molecule has 0 radical (unpaired) electrons. The lowest BCUT2D eigenvalue weighted by Gasteiger charge is -2.26. The van der Waals surface area contributed by atoms with Crippen molar-refractivity contribution >= 4 is 5.91 Å². The van der Waals surface area contributed by atoms with Crippen molar-refractivity contribution in [1.82, 2.24) is 15.0 Å². The molecule has 4 heterocycles. The number of carbonyl (C=O) groups is 1. The summed E-state index contributed by atoms with van der Waals surface area (Å²) >= 11 is 0. The molecule has 132 valence electrons. The predicted molar refractivity (Wildman–Crippen MR) is 88.4 cm³/mol. The summed E-state index contributed by atoms with van der Waals surface area (Å²) < 4.78 is 16.7. The molecular formula is C18H21N3O4. The number of aryl methyl sites for hydroxylation is 2. The molecule has 0 unspecified atom stereocenters. The molecule has 2 aliphatic rings. The molecule has 0 N–H and O–H groups in total. The van der Waals surface area contributed by atoms with Gasteiger partial charge in [-0.05, 0) is 19.9 Å². The summed E-state index contributed by atoms with van der Waals surface area (Å²) in [6.45, 7) is 6.56. The van der Waals surface area contributed by atoms with Crippen molar-refractivity contribution in [3.05, 3.63) is 41.4 Å². The van der Waals surface area contributed by atoms with E-state index in [2.05, 4.69) is 10.1 Å². The zero-order valence-electron chi connectivity index (χ0n) is 14.4. The van der Waals surface area contributed by atoms with Gasteiger partial charge in [-0.2, -0.15) is 0 Å². The van der Waals surface area contributed by atoms with Crippen molar-refractivity contribution in [2.75, 3.05) is 32.9 Å². The Bertz CT molecular complexity index is 756. The maximum atomic E-state index is 12.9. The quantitative estimate of drug-likeness (QED) is 0.843. The smallest absolute Gasteiger partial charge is 0.259 e. The molecule has 0 saturated carbocycles. The van der Waals surface area contributed by atoms with Gasteiger partial charge in [0.1, 0.15) is 11.3 Å². The van der Waals surface area contributed by atoms with E-state index in [0.717, 1.165) is 0 Å². The van der Waals surface area contributed by atoms with Crippen LogP contribution in [0.25, 0.3) is 0 Å². The van der Waals surface area contributed by atoms with Crippen LogP contribution in [-0.4, -0.2) is 53.9 Å². The molecule has 0 spiro atoms. The van der Waals surface area contributed by atoms with E-state index in [1.165, 1.54) is 0 Å². The molecule has 1 amide bonds. The summed E-state index contributed by atoms with van der Waals surface area (Å²) in [5.74, 6) is 1.40. The third kappa shape index (κ3) is 2.78. The van der Waals surface area contributed by atoms with Crippen LogP contribution in [0.3, 0.4) is 0 Å². The van der Waals surface area contributed by atoms with E-state index in [4.69, 9.17) is 14.0 Å². The summed E-state index contributed by atoms with van der Waals surface area (Å²) in [7, 11) is 0. The fourth-order valence-corrected chi connectivity index (χ4v) is 3.79. The fourth-order valence-electron chi connectivity index (χ4n) is 3.79. The highest BCUT2D eigenvalue weighted by atomic mass is 16.5. The number of aromatic nitrogens is 2. The lowest BCUT2D eigenvalue weighted by Crippen LogP contribution is -2.38. The Morgan fingerprint density at radius 3 is 3.04 bits per heavy atom. The summed E-state index contributed by atoms with van der Waals surface area (Å²) in [4.78, 5) is 19.0. The molecule has 7 heteroatoms. The van der Waals surface area contributed by atoms with Crippen molar-refractivity contribution in [2.24, 2.45) is 11.3 Å². The predicted octanol–water partition coefficient (Wildman–Crippen LogP) is 1.85. The van der Waals surface area contributed by atoms with Crippen LogP contribution < -0.4 is 4.74 Å². The molecule has 4 rings (SSSR count). The van der Waals surface area contributed by atoms with Gasteiger partial charge in [-0.3, -0.25) is 4.79 Å². The molecule has 2 aliphatic heterocycles. The molecule has 2 saturated heterocycles. The van der Waals surface area contributed by atoms with Gasteiger partial charge >= 0.3 is 0 Å². The first kappa shape index (κ1) is 16.1. The number of pyridine rings is 1. The van der Waals surface area contributed by atoms with Crippen LogP contribution in [0.15, 0.2) is 28.9 Å². The van der Waals surface area contributed by atoms with Crippen LogP contribution in [0.4, 0.5) is 0 Å². The van der Waals surface area contributed by atoms with Crippen molar-refractivity contribution in [3.8, 4) is 5.88 Å². The normalized spacial score (nSPS) is 25.2. The van der Waals surface area contributed by atoms with Crippen molar-refractivity contribution < 1.29 is 18.8 Å². The number of carbonyl (C=O) groups excluding carboxylic acids is 1. The van der Waals surface area contributed by atoms with Gasteiger partial charge in [-0.1, -0.05) is 11.2 Å². The van der Waals surface area contributed by atoms with Gasteiger partial charge in [-0.25, -0.2) is 4.98 Å². The summed E-state index contributed by atoms with van der Waals surface area (Å²) in [5.41, 5.74) is 1.02. The Balaban J connectivity index is 1.51. The summed E-state index contributed by atoms with van der Waals surface area (Å²) in [6.07, 6.45) is 1.71. The lowest BCUT2D eigenvalue weighted by atomic mass is 9.82. The second kappa shape index (κ2) is 6.15. The Morgan fingerprint density at radius 1 is 1.44 bits per heavy atom. The first-order chi connectivity index (χ1) is 12.1. The molecule has 0 aliphatic carbocycles. The Labute approximate surface area is 145 Å². The largest absolute Gasteiger partial charge is 0.477 e. The van der Waals surface area contributed by atoms with E-state index in [0.29, 0.717) is 55.8 Å². The standard InChI is InChI=1S/C18H21N3O4/c1-12-16(13(2)25-20-12)17(22)21-7-14-8-23-10-18(14,9-21)11-24-15-5-3-4-6-19-15/h3-6,14H,7-11H2,1-2H3/t14-,18+/m1/s1. The highest BCUT2D eigenvalue weighted by Gasteiger charge is 2.53. The number of nitrogens with zero attached hydrogens (tertiary/aromatic N) is 3. The van der Waals surface area contributed by atoms with Gasteiger partial charge in [0, 0.05) is 31.3 Å². The summed E-state index contributed by atoms with van der Waals surface area (Å²) in [6, 6.07) is 5.58. The number of ether oxygens (including phenoxy) is 2. The maximum absolute atomic E-state index is 12.9. The lowest BCUT2D eigenvalue weighted by molar-refractivity contribution is 0.0653. The topological polar surface area (TPSA) is 77.7 Å². The number of amides is 1. The zero-order valence-corrected chi connectivity index (χ0v) is 14.4. The Hall–Kier alpha value is -2.41. The first-order valence-electron chi connectivity index (χ1n) is 8.43. The molecular weight excluding hydrogens is 322 g/mol. The Morgan fingerprint density at radius 2 is 2.32 bits per heavy atom. The van der Waals surface area contributed by atoms with E-state index in [1.54, 1.807) is 20.0 Å². The molecule has 2 aromatic heterocycles. The van der Waals surface area contributed by atoms with E-state index in [9.17, 15) is 4.79 Å². The fraction of sp³-hybridized carbons (Fsp3) is 0.500. The van der Waals surface area contributed by atoms with E-state index < -0.39 is 0 Å². The average molecular weight is 343 g/mol. The minimum absolute atomic E-state index is 0.0251. The SMILES string of the molecule is Cc1noc(C)c1C(=O)N1C[C@@H]2COC[C@]2(COc2ccccn2)C1. The number of likely N-dealkylation sites (tertiary alicyclic amines) is 1. The van der Waals surface area contributed by atoms with E-state index in [1.807, 2.05) is 23.1 Å². The van der Waals surface area contributed by atoms with Gasteiger partial charge in [0.05, 0.1) is 30.9 Å². The molecule has 0 bridgehead atoms. The molecule has 2 fully saturated rings. The average Bonchev–Trinajstić information content (AvgIpc) is 3.26. The minimum atomic E-state index is -0.188. The van der Waals surface area contributed by atoms with Crippen LogP contribution in [-0.2, 0) is 4.74 Å². The van der Waals surface area contributed by atoms with E-state index >= 15 is 0 Å². The Kier molecular flexibility index (Phi) is 3.95. The van der Waals surface area contributed by atoms with Crippen molar-refractivity contribution in [2.45, 2.75) is 13.8 Å². The monoisotopic (exact) mass is 343 g/mol. The molecule has 25 heavy (non-hydrogen) atoms. The first-order valence-corrected chi connectivity index (χ1v) is 8.43. The number of rotatable bonds is 4. The highest BCUT2D eigenvalue weighted by molar-refractivity contribution is 5.96. The third-order valence-corrected chi connectivity index (χ3v) is 5.20. The van der Waals surface area contributed by atoms with Gasteiger partial charge in [-0.15, -0.1) is 0 Å². The molecule has 2 atom stereocenters. The second-order valence-electron chi connectivity index (χ2n) is 6.92. The third-order valence-electron chi connectivity index (χ3n) is 5.20. The second-order valence-corrected chi connectivity index (χ2v) is 6.92. The minimum Gasteiger partial charge on any atom is -0.477 e. The van der Waals surface area contributed by atoms with Crippen LogP contribution >= 0.6 is 0 Å². The zero-order chi connectivity index (χ0) is 17.4. The van der Waals surface area contributed by atoms with Gasteiger partial charge in [0.15, 0.2) is 0 Å². The van der Waals surface area contributed by atoms with E-state index in [-0.39, 0.29) is 17.2 Å². The van der Waals surface area contributed by atoms with Gasteiger partial charge in [0.25, 0.3) is 5.91 Å². The maximum Gasteiger partial charge on any atom is 0.259 e. The van der Waals surface area contributed by atoms with Crippen LogP contribution in [0.2, 0.25) is 0 Å². The van der Waals surface area contributed by atoms with Crippen LogP contribution in [0.1, 0.15) is 21.8 Å². The van der Waals surface area contributed by atoms with Crippen molar-refractivity contribution in [1.29, 1.82) is 0 Å². The number of fused-ring (bicyclic) bond motifs is 1. The highest BCUT2D eigenvalue weighted by Crippen LogP contribution is 2.42. The van der Waals surface area contributed by atoms with Crippen LogP contribution in [0, 0.1) is 25.2 Å². The van der Waals surface area contributed by atoms with Crippen molar-refractivity contribution in [3.63, 3.8) is 0 Å². The number of hydrogen-bond acceptors (Lipinski definition) is 6. The summed E-state index contributed by atoms with van der Waals surface area (Å²) in [5, 5.41) is 3.89. The number of hydrogen-bond donors (Lipinski definition) is 0. The molecule has 0 aromatic carbocycles.